The lowest BCUT2D eigenvalue weighted by Gasteiger charge is -1.93. The molecule has 0 radical (unpaired) electrons. The zero-order chi connectivity index (χ0) is 10.0. The standard InChI is InChI=1S/C8H7BrO4/c1-4-2-7(9)13-6(4)3-5(10)8(11)12/h2H,3H2,1H3,(H,11,12). The molecule has 0 fully saturated rings. The van der Waals surface area contributed by atoms with Crippen LogP contribution in [0, 0.1) is 6.92 Å². The van der Waals surface area contributed by atoms with E-state index in [-0.39, 0.29) is 6.42 Å². The number of carboxylic acid groups (broad SMARTS) is 1. The Kier molecular flexibility index (Phi) is 2.87. The first-order chi connectivity index (χ1) is 6.00. The van der Waals surface area contributed by atoms with Crippen LogP contribution in [0.1, 0.15) is 11.3 Å². The van der Waals surface area contributed by atoms with Gasteiger partial charge in [0.25, 0.3) is 0 Å². The summed E-state index contributed by atoms with van der Waals surface area (Å²) in [5.74, 6) is -1.92. The maximum absolute atomic E-state index is 10.8. The fraction of sp³-hybridized carbons (Fsp3) is 0.250. The summed E-state index contributed by atoms with van der Waals surface area (Å²) in [4.78, 5) is 21.0. The second kappa shape index (κ2) is 3.74. The van der Waals surface area contributed by atoms with Crippen LogP contribution in [0.25, 0.3) is 0 Å². The molecule has 1 rings (SSSR count). The van der Waals surface area contributed by atoms with E-state index in [1.165, 1.54) is 0 Å². The highest BCUT2D eigenvalue weighted by Crippen LogP contribution is 2.19. The van der Waals surface area contributed by atoms with Crippen LogP contribution in [0.5, 0.6) is 0 Å². The lowest BCUT2D eigenvalue weighted by molar-refractivity contribution is -0.148. The SMILES string of the molecule is Cc1cc(Br)oc1CC(=O)C(=O)O. The van der Waals surface area contributed by atoms with Crippen molar-refractivity contribution >= 4 is 27.7 Å². The number of hydrogen-bond acceptors (Lipinski definition) is 3. The summed E-state index contributed by atoms with van der Waals surface area (Å²) in [7, 11) is 0. The zero-order valence-corrected chi connectivity index (χ0v) is 8.42. The molecule has 0 bridgehead atoms. The highest BCUT2D eigenvalue weighted by atomic mass is 79.9. The number of aryl methyl sites for hydroxylation is 1. The zero-order valence-electron chi connectivity index (χ0n) is 6.83. The second-order valence-electron chi connectivity index (χ2n) is 2.56. The minimum Gasteiger partial charge on any atom is -0.475 e. The third-order valence-corrected chi connectivity index (χ3v) is 1.94. The molecule has 4 nitrogen and oxygen atoms in total. The van der Waals surface area contributed by atoms with E-state index in [2.05, 4.69) is 15.9 Å². The van der Waals surface area contributed by atoms with Gasteiger partial charge in [0, 0.05) is 0 Å². The maximum Gasteiger partial charge on any atom is 0.372 e. The molecule has 1 N–H and O–H groups in total. The van der Waals surface area contributed by atoms with Crippen LogP contribution in [0.3, 0.4) is 0 Å². The smallest absolute Gasteiger partial charge is 0.372 e. The predicted molar refractivity (Wildman–Crippen MR) is 47.5 cm³/mol. The van der Waals surface area contributed by atoms with Crippen LogP contribution in [-0.2, 0) is 16.0 Å². The van der Waals surface area contributed by atoms with Gasteiger partial charge in [0.05, 0.1) is 6.42 Å². The topological polar surface area (TPSA) is 67.5 Å². The van der Waals surface area contributed by atoms with Gasteiger partial charge in [-0.1, -0.05) is 0 Å². The number of halogens is 1. The van der Waals surface area contributed by atoms with Crippen LogP contribution in [0.15, 0.2) is 15.2 Å². The molecule has 0 saturated heterocycles. The van der Waals surface area contributed by atoms with Crippen LogP contribution in [0.2, 0.25) is 0 Å². The molecule has 1 heterocycles. The van der Waals surface area contributed by atoms with E-state index in [0.29, 0.717) is 10.4 Å². The summed E-state index contributed by atoms with van der Waals surface area (Å²) < 4.78 is 5.57. The minimum absolute atomic E-state index is 0.202. The first-order valence-corrected chi connectivity index (χ1v) is 4.31. The average Bonchev–Trinajstić information content (AvgIpc) is 2.30. The fourth-order valence-corrected chi connectivity index (χ4v) is 1.41. The summed E-state index contributed by atoms with van der Waals surface area (Å²) in [5, 5.41) is 8.34. The van der Waals surface area contributed by atoms with Crippen molar-refractivity contribution in [1.29, 1.82) is 0 Å². The molecule has 0 spiro atoms. The fourth-order valence-electron chi connectivity index (χ4n) is 0.875. The Hall–Kier alpha value is -1.10. The molecule has 1 aromatic heterocycles. The highest BCUT2D eigenvalue weighted by Gasteiger charge is 2.16. The van der Waals surface area contributed by atoms with Gasteiger partial charge < -0.3 is 9.52 Å². The van der Waals surface area contributed by atoms with Gasteiger partial charge in [0.15, 0.2) is 4.67 Å². The lowest BCUT2D eigenvalue weighted by atomic mass is 10.2. The van der Waals surface area contributed by atoms with Crippen molar-refractivity contribution in [2.75, 3.05) is 0 Å². The molecule has 0 aliphatic heterocycles. The van der Waals surface area contributed by atoms with Gasteiger partial charge in [-0.3, -0.25) is 4.79 Å². The van der Waals surface area contributed by atoms with Crippen molar-refractivity contribution in [3.63, 3.8) is 0 Å². The van der Waals surface area contributed by atoms with Crippen molar-refractivity contribution in [2.24, 2.45) is 0 Å². The number of hydrogen-bond donors (Lipinski definition) is 1. The summed E-state index contributed by atoms with van der Waals surface area (Å²) in [6, 6.07) is 1.68. The van der Waals surface area contributed by atoms with Gasteiger partial charge in [-0.2, -0.15) is 0 Å². The molecule has 0 aliphatic carbocycles. The van der Waals surface area contributed by atoms with Crippen molar-refractivity contribution in [3.8, 4) is 0 Å². The van der Waals surface area contributed by atoms with Crippen molar-refractivity contribution in [1.82, 2.24) is 0 Å². The first kappa shape index (κ1) is 9.98. The van der Waals surface area contributed by atoms with Gasteiger partial charge in [0.2, 0.25) is 5.78 Å². The van der Waals surface area contributed by atoms with E-state index in [9.17, 15) is 9.59 Å². The predicted octanol–water partition coefficient (Wildman–Crippen LogP) is 1.55. The Bertz CT molecular complexity index is 353. The third kappa shape index (κ3) is 2.42. The van der Waals surface area contributed by atoms with Gasteiger partial charge in [-0.05, 0) is 34.5 Å². The van der Waals surface area contributed by atoms with E-state index < -0.39 is 11.8 Å². The summed E-state index contributed by atoms with van der Waals surface area (Å²) in [5.41, 5.74) is 0.765. The number of carbonyl (C=O) groups excluding carboxylic acids is 1. The Morgan fingerprint density at radius 1 is 1.62 bits per heavy atom. The average molecular weight is 247 g/mol. The molecule has 0 atom stereocenters. The molecule has 0 amide bonds. The number of ketones is 1. The Morgan fingerprint density at radius 2 is 2.23 bits per heavy atom. The molecule has 0 saturated carbocycles. The van der Waals surface area contributed by atoms with Crippen LogP contribution < -0.4 is 0 Å². The molecular formula is C8H7BrO4. The molecule has 1 aromatic rings. The van der Waals surface area contributed by atoms with E-state index in [4.69, 9.17) is 9.52 Å². The number of carboxylic acids is 1. The highest BCUT2D eigenvalue weighted by molar-refractivity contribution is 9.10. The summed E-state index contributed by atoms with van der Waals surface area (Å²) in [6.07, 6.45) is -0.202. The Balaban J connectivity index is 2.80. The van der Waals surface area contributed by atoms with Gasteiger partial charge in [0.1, 0.15) is 5.76 Å². The molecular weight excluding hydrogens is 240 g/mol. The van der Waals surface area contributed by atoms with Crippen molar-refractivity contribution in [3.05, 3.63) is 22.1 Å². The van der Waals surface area contributed by atoms with Crippen LogP contribution in [0.4, 0.5) is 0 Å². The first-order valence-electron chi connectivity index (χ1n) is 3.51. The Labute approximate surface area is 82.7 Å². The van der Waals surface area contributed by atoms with Crippen molar-refractivity contribution < 1.29 is 19.1 Å². The molecule has 0 unspecified atom stereocenters. The normalized spacial score (nSPS) is 10.0. The minimum atomic E-state index is -1.44. The van der Waals surface area contributed by atoms with E-state index in [1.54, 1.807) is 13.0 Å². The summed E-state index contributed by atoms with van der Waals surface area (Å²) in [6.45, 7) is 1.75. The van der Waals surface area contributed by atoms with Gasteiger partial charge >= 0.3 is 5.97 Å². The van der Waals surface area contributed by atoms with Crippen molar-refractivity contribution in [2.45, 2.75) is 13.3 Å². The van der Waals surface area contributed by atoms with Crippen LogP contribution >= 0.6 is 15.9 Å². The molecule has 70 valence electrons. The molecule has 5 heteroatoms. The molecule has 0 aliphatic rings. The number of rotatable bonds is 3. The van der Waals surface area contributed by atoms with Crippen LogP contribution in [-0.4, -0.2) is 16.9 Å². The quantitative estimate of drug-likeness (QED) is 0.822. The van der Waals surface area contributed by atoms with E-state index in [0.717, 1.165) is 5.56 Å². The summed E-state index contributed by atoms with van der Waals surface area (Å²) >= 11 is 3.08. The van der Waals surface area contributed by atoms with E-state index >= 15 is 0 Å². The van der Waals surface area contributed by atoms with Gasteiger partial charge in [-0.15, -0.1) is 0 Å². The van der Waals surface area contributed by atoms with E-state index in [1.807, 2.05) is 0 Å². The molecule has 13 heavy (non-hydrogen) atoms. The van der Waals surface area contributed by atoms with Gasteiger partial charge in [-0.25, -0.2) is 4.79 Å². The number of Topliss-reactive ketones (excluding diaryl/α,β-unsaturated/α-hetero) is 1. The number of carbonyl (C=O) groups is 2. The maximum atomic E-state index is 10.8. The number of furan rings is 1. The molecule has 0 aromatic carbocycles. The Morgan fingerprint density at radius 3 is 2.62 bits per heavy atom. The lowest BCUT2D eigenvalue weighted by Crippen LogP contribution is -2.15. The number of aliphatic carboxylic acids is 1. The monoisotopic (exact) mass is 246 g/mol. The third-order valence-electron chi connectivity index (χ3n) is 1.55. The largest absolute Gasteiger partial charge is 0.475 e. The second-order valence-corrected chi connectivity index (χ2v) is 3.34.